The minimum atomic E-state index is 0.961. The second-order valence-corrected chi connectivity index (χ2v) is 6.66. The number of nitrogens with zero attached hydrogens (tertiary/aromatic N) is 1. The van der Waals surface area contributed by atoms with Crippen LogP contribution < -0.4 is 0 Å². The molecule has 116 valence electrons. The summed E-state index contributed by atoms with van der Waals surface area (Å²) in [5.41, 5.74) is 10.1. The van der Waals surface area contributed by atoms with E-state index in [1.807, 2.05) is 0 Å². The predicted octanol–water partition coefficient (Wildman–Crippen LogP) is 5.13. The normalized spacial score (nSPS) is 15.1. The first-order valence-electron chi connectivity index (χ1n) is 8.59. The Kier molecular flexibility index (Phi) is 3.05. The Bertz CT molecular complexity index is 937. The maximum Gasteiger partial charge on any atom is 0.0490 e. The van der Waals surface area contributed by atoms with Crippen molar-refractivity contribution in [3.8, 4) is 0 Å². The Hall–Kier alpha value is -2.80. The van der Waals surface area contributed by atoms with Crippen LogP contribution in [0.2, 0.25) is 0 Å². The molecule has 1 heterocycles. The minimum absolute atomic E-state index is 0.961. The third-order valence-corrected chi connectivity index (χ3v) is 5.16. The Morgan fingerprint density at radius 1 is 0.667 bits per heavy atom. The standard InChI is InChI=1S/C23H19N/c1-2-8-17(9-3-1)15-24-16-19-11-5-6-12-20(19)22-14-18-10-4-7-13-21(18)23(22)24/h1-13H,14-16H2. The molecule has 3 aromatic carbocycles. The number of allylic oxidation sites excluding steroid dienone is 1. The lowest BCUT2D eigenvalue weighted by Gasteiger charge is -2.33. The van der Waals surface area contributed by atoms with Crippen LogP contribution >= 0.6 is 0 Å². The van der Waals surface area contributed by atoms with Crippen molar-refractivity contribution >= 4 is 11.3 Å². The molecule has 0 bridgehead atoms. The zero-order valence-electron chi connectivity index (χ0n) is 13.6. The third-order valence-electron chi connectivity index (χ3n) is 5.16. The van der Waals surface area contributed by atoms with E-state index < -0.39 is 0 Å². The van der Waals surface area contributed by atoms with Crippen molar-refractivity contribution in [1.82, 2.24) is 4.90 Å². The summed E-state index contributed by atoms with van der Waals surface area (Å²) in [6.07, 6.45) is 1.05. The average Bonchev–Trinajstić information content (AvgIpc) is 3.03. The Morgan fingerprint density at radius 2 is 1.33 bits per heavy atom. The van der Waals surface area contributed by atoms with Gasteiger partial charge in [0.2, 0.25) is 0 Å². The van der Waals surface area contributed by atoms with Gasteiger partial charge < -0.3 is 4.90 Å². The first kappa shape index (κ1) is 13.6. The van der Waals surface area contributed by atoms with Crippen LogP contribution in [0.3, 0.4) is 0 Å². The highest BCUT2D eigenvalue weighted by Gasteiger charge is 2.31. The monoisotopic (exact) mass is 309 g/mol. The van der Waals surface area contributed by atoms with Gasteiger partial charge in [0.1, 0.15) is 0 Å². The molecule has 1 aliphatic heterocycles. The van der Waals surface area contributed by atoms with Crippen molar-refractivity contribution in [3.05, 3.63) is 107 Å². The average molecular weight is 309 g/mol. The van der Waals surface area contributed by atoms with Crippen LogP contribution in [-0.4, -0.2) is 4.90 Å². The van der Waals surface area contributed by atoms with Crippen molar-refractivity contribution in [2.24, 2.45) is 0 Å². The van der Waals surface area contributed by atoms with Crippen molar-refractivity contribution in [1.29, 1.82) is 0 Å². The van der Waals surface area contributed by atoms with Crippen LogP contribution in [0.15, 0.2) is 78.9 Å². The molecule has 0 saturated heterocycles. The molecule has 1 nitrogen and oxygen atoms in total. The van der Waals surface area contributed by atoms with E-state index in [9.17, 15) is 0 Å². The fourth-order valence-electron chi connectivity index (χ4n) is 4.10. The summed E-state index contributed by atoms with van der Waals surface area (Å²) in [6.45, 7) is 1.95. The molecule has 0 spiro atoms. The van der Waals surface area contributed by atoms with Crippen molar-refractivity contribution in [3.63, 3.8) is 0 Å². The molecule has 0 aromatic heterocycles. The van der Waals surface area contributed by atoms with Gasteiger partial charge in [0.25, 0.3) is 0 Å². The van der Waals surface area contributed by atoms with E-state index in [1.165, 1.54) is 39.1 Å². The lowest BCUT2D eigenvalue weighted by Crippen LogP contribution is -2.25. The Morgan fingerprint density at radius 3 is 2.17 bits per heavy atom. The van der Waals surface area contributed by atoms with Gasteiger partial charge in [-0.15, -0.1) is 0 Å². The first-order valence-corrected chi connectivity index (χ1v) is 8.59. The molecule has 0 atom stereocenters. The summed E-state index contributed by atoms with van der Waals surface area (Å²) in [4.78, 5) is 2.55. The SMILES string of the molecule is c1ccc(CN2Cc3ccccc3C3=C2c2ccccc2C3)cc1. The Labute approximate surface area is 142 Å². The van der Waals surface area contributed by atoms with Gasteiger partial charge in [-0.25, -0.2) is 0 Å². The summed E-state index contributed by atoms with van der Waals surface area (Å²) in [5.74, 6) is 0. The van der Waals surface area contributed by atoms with Crippen LogP contribution in [0.25, 0.3) is 11.3 Å². The molecule has 1 heteroatoms. The largest absolute Gasteiger partial charge is 0.362 e. The summed E-state index contributed by atoms with van der Waals surface area (Å²) in [7, 11) is 0. The van der Waals surface area contributed by atoms with Crippen LogP contribution in [0.1, 0.15) is 27.8 Å². The number of benzene rings is 3. The minimum Gasteiger partial charge on any atom is -0.362 e. The molecular formula is C23H19N. The molecule has 0 N–H and O–H groups in total. The molecule has 0 amide bonds. The smallest absolute Gasteiger partial charge is 0.0490 e. The highest BCUT2D eigenvalue weighted by Crippen LogP contribution is 2.45. The summed E-state index contributed by atoms with van der Waals surface area (Å²) in [5, 5.41) is 0. The molecule has 3 aromatic rings. The highest BCUT2D eigenvalue weighted by atomic mass is 15.1. The zero-order valence-corrected chi connectivity index (χ0v) is 13.6. The van der Waals surface area contributed by atoms with Crippen LogP contribution in [-0.2, 0) is 19.5 Å². The van der Waals surface area contributed by atoms with Crippen molar-refractivity contribution < 1.29 is 0 Å². The maximum absolute atomic E-state index is 2.55. The van der Waals surface area contributed by atoms with Gasteiger partial charge >= 0.3 is 0 Å². The molecule has 0 saturated carbocycles. The maximum atomic E-state index is 2.55. The Balaban J connectivity index is 1.65. The van der Waals surface area contributed by atoms with Gasteiger partial charge in [-0.2, -0.15) is 0 Å². The number of hydrogen-bond acceptors (Lipinski definition) is 1. The number of rotatable bonds is 2. The molecule has 0 unspecified atom stereocenters. The van der Waals surface area contributed by atoms with E-state index in [0.717, 1.165) is 19.5 Å². The van der Waals surface area contributed by atoms with E-state index in [1.54, 1.807) is 0 Å². The molecule has 0 radical (unpaired) electrons. The predicted molar refractivity (Wildman–Crippen MR) is 99.1 cm³/mol. The van der Waals surface area contributed by atoms with Crippen LogP contribution in [0, 0.1) is 0 Å². The van der Waals surface area contributed by atoms with E-state index >= 15 is 0 Å². The fraction of sp³-hybridized carbons (Fsp3) is 0.130. The summed E-state index contributed by atoms with van der Waals surface area (Å²) in [6, 6.07) is 28.6. The van der Waals surface area contributed by atoms with Gasteiger partial charge in [-0.3, -0.25) is 0 Å². The van der Waals surface area contributed by atoms with Gasteiger partial charge in [0, 0.05) is 30.8 Å². The second kappa shape index (κ2) is 5.38. The molecular weight excluding hydrogens is 290 g/mol. The van der Waals surface area contributed by atoms with Crippen LogP contribution in [0.4, 0.5) is 0 Å². The molecule has 2 aliphatic rings. The van der Waals surface area contributed by atoms with Crippen LogP contribution in [0.5, 0.6) is 0 Å². The lowest BCUT2D eigenvalue weighted by atomic mass is 9.93. The number of hydrogen-bond donors (Lipinski definition) is 0. The molecule has 0 fully saturated rings. The highest BCUT2D eigenvalue weighted by molar-refractivity contribution is 5.98. The van der Waals surface area contributed by atoms with Crippen molar-refractivity contribution in [2.45, 2.75) is 19.5 Å². The quantitative estimate of drug-likeness (QED) is 0.634. The molecule has 5 rings (SSSR count). The van der Waals surface area contributed by atoms with E-state index in [2.05, 4.69) is 83.8 Å². The van der Waals surface area contributed by atoms with Gasteiger partial charge in [-0.05, 0) is 27.8 Å². The van der Waals surface area contributed by atoms with Gasteiger partial charge in [0.15, 0.2) is 0 Å². The fourth-order valence-corrected chi connectivity index (χ4v) is 4.10. The molecule has 1 aliphatic carbocycles. The van der Waals surface area contributed by atoms with Crippen molar-refractivity contribution in [2.75, 3.05) is 0 Å². The van der Waals surface area contributed by atoms with E-state index in [4.69, 9.17) is 0 Å². The number of fused-ring (bicyclic) bond motifs is 4. The third kappa shape index (κ3) is 2.09. The lowest BCUT2D eigenvalue weighted by molar-refractivity contribution is 0.381. The second-order valence-electron chi connectivity index (χ2n) is 6.66. The topological polar surface area (TPSA) is 3.24 Å². The van der Waals surface area contributed by atoms with E-state index in [-0.39, 0.29) is 0 Å². The zero-order chi connectivity index (χ0) is 15.9. The van der Waals surface area contributed by atoms with Gasteiger partial charge in [-0.1, -0.05) is 78.9 Å². The first-order chi connectivity index (χ1) is 11.9. The van der Waals surface area contributed by atoms with E-state index in [0.29, 0.717) is 0 Å². The van der Waals surface area contributed by atoms with Gasteiger partial charge in [0.05, 0.1) is 0 Å². The molecule has 24 heavy (non-hydrogen) atoms. The summed E-state index contributed by atoms with van der Waals surface area (Å²) < 4.78 is 0. The summed E-state index contributed by atoms with van der Waals surface area (Å²) >= 11 is 0.